The van der Waals surface area contributed by atoms with Gasteiger partial charge in [-0.2, -0.15) is 0 Å². The van der Waals surface area contributed by atoms with Gasteiger partial charge in [0.15, 0.2) is 6.67 Å². The molecule has 3 N–H and O–H groups in total. The van der Waals surface area contributed by atoms with Gasteiger partial charge in [0.1, 0.15) is 10.6 Å². The average molecular weight is 304 g/mol. The minimum absolute atomic E-state index is 0.124. The number of hydrogen-bond donors (Lipinski definition) is 2. The van der Waals surface area contributed by atoms with Crippen molar-refractivity contribution in [3.8, 4) is 5.75 Å². The Morgan fingerprint density at radius 1 is 1.50 bits per heavy atom. The minimum Gasteiger partial charge on any atom is -0.495 e. The molecule has 0 aliphatic carbocycles. The number of carbonyl (C=O) groups excluding carboxylic acids is 1. The number of carbonyl (C=O) groups is 1. The fourth-order valence-corrected chi connectivity index (χ4v) is 2.54. The molecule has 0 aromatic heterocycles. The van der Waals surface area contributed by atoms with Crippen LogP contribution in [-0.4, -0.2) is 34.2 Å². The van der Waals surface area contributed by atoms with Gasteiger partial charge in [-0.15, -0.1) is 0 Å². The number of nitrogens with one attached hydrogen (secondary N) is 1. The van der Waals surface area contributed by atoms with E-state index in [0.717, 1.165) is 0 Å². The summed E-state index contributed by atoms with van der Waals surface area (Å²) in [5.41, 5.74) is 0.640. The summed E-state index contributed by atoms with van der Waals surface area (Å²) < 4.78 is 39.9. The Labute approximate surface area is 117 Å². The highest BCUT2D eigenvalue weighted by Crippen LogP contribution is 2.24. The molecule has 0 saturated carbocycles. The van der Waals surface area contributed by atoms with Crippen molar-refractivity contribution in [2.45, 2.75) is 24.3 Å². The van der Waals surface area contributed by atoms with Crippen LogP contribution in [0.5, 0.6) is 5.75 Å². The molecule has 1 aromatic rings. The van der Waals surface area contributed by atoms with E-state index in [2.05, 4.69) is 5.32 Å². The van der Waals surface area contributed by atoms with Crippen molar-refractivity contribution in [1.82, 2.24) is 5.32 Å². The molecule has 0 spiro atoms. The van der Waals surface area contributed by atoms with E-state index in [9.17, 15) is 17.6 Å². The first-order chi connectivity index (χ1) is 9.27. The topological polar surface area (TPSA) is 98.5 Å². The maximum absolute atomic E-state index is 12.1. The van der Waals surface area contributed by atoms with Crippen LogP contribution in [0.2, 0.25) is 0 Å². The second kappa shape index (κ2) is 6.67. The van der Waals surface area contributed by atoms with E-state index in [1.165, 1.54) is 19.2 Å². The second-order valence-corrected chi connectivity index (χ2v) is 5.87. The zero-order valence-electron chi connectivity index (χ0n) is 11.2. The van der Waals surface area contributed by atoms with E-state index < -0.39 is 22.6 Å². The van der Waals surface area contributed by atoms with Gasteiger partial charge in [-0.25, -0.2) is 17.9 Å². The summed E-state index contributed by atoms with van der Waals surface area (Å²) >= 11 is 0. The van der Waals surface area contributed by atoms with Crippen molar-refractivity contribution in [3.05, 3.63) is 23.8 Å². The van der Waals surface area contributed by atoms with E-state index in [0.29, 0.717) is 12.0 Å². The van der Waals surface area contributed by atoms with Crippen LogP contribution >= 0.6 is 0 Å². The van der Waals surface area contributed by atoms with Crippen molar-refractivity contribution >= 4 is 15.9 Å². The lowest BCUT2D eigenvalue weighted by Crippen LogP contribution is -2.35. The quantitative estimate of drug-likeness (QED) is 0.792. The number of methoxy groups -OCH3 is 1. The van der Waals surface area contributed by atoms with Crippen molar-refractivity contribution < 1.29 is 22.3 Å². The third-order valence-electron chi connectivity index (χ3n) is 2.61. The summed E-state index contributed by atoms with van der Waals surface area (Å²) in [7, 11) is -2.56. The Morgan fingerprint density at radius 2 is 2.15 bits per heavy atom. The number of primary sulfonamides is 1. The number of alkyl halides is 1. The number of sulfonamides is 1. The van der Waals surface area contributed by atoms with Gasteiger partial charge in [-0.3, -0.25) is 4.79 Å². The lowest BCUT2D eigenvalue weighted by atomic mass is 10.1. The molecule has 0 aliphatic heterocycles. The average Bonchev–Trinajstić information content (AvgIpc) is 2.37. The molecule has 1 rings (SSSR count). The Hall–Kier alpha value is -1.67. The normalized spacial score (nSPS) is 12.8. The van der Waals surface area contributed by atoms with Crippen molar-refractivity contribution in [2.75, 3.05) is 13.8 Å². The molecule has 0 aliphatic rings. The van der Waals surface area contributed by atoms with Crippen LogP contribution in [0.4, 0.5) is 4.39 Å². The van der Waals surface area contributed by atoms with E-state index in [1.807, 2.05) is 0 Å². The standard InChI is InChI=1S/C12H17FN2O4S/c1-8(15-12(16)7-13)5-9-3-4-10(19-2)11(6-9)20(14,17)18/h3-4,6,8H,5,7H2,1-2H3,(H,15,16)(H2,14,17,18)/t8-/m1/s1. The first-order valence-electron chi connectivity index (χ1n) is 5.83. The zero-order valence-corrected chi connectivity index (χ0v) is 12.0. The Bertz CT molecular complexity index is 589. The van der Waals surface area contributed by atoms with Crippen LogP contribution < -0.4 is 15.2 Å². The van der Waals surface area contributed by atoms with Crippen molar-refractivity contribution in [2.24, 2.45) is 5.14 Å². The maximum atomic E-state index is 12.1. The number of amides is 1. The van der Waals surface area contributed by atoms with Gasteiger partial charge in [0.2, 0.25) is 10.0 Å². The molecule has 0 fully saturated rings. The molecule has 112 valence electrons. The first-order valence-corrected chi connectivity index (χ1v) is 7.37. The highest BCUT2D eigenvalue weighted by atomic mass is 32.2. The zero-order chi connectivity index (χ0) is 15.3. The predicted octanol–water partition coefficient (Wildman–Crippen LogP) is 0.359. The molecule has 8 heteroatoms. The maximum Gasteiger partial charge on any atom is 0.251 e. The number of rotatable bonds is 6. The summed E-state index contributed by atoms with van der Waals surface area (Å²) in [5.74, 6) is -0.561. The number of halogens is 1. The van der Waals surface area contributed by atoms with Crippen LogP contribution in [0, 0.1) is 0 Å². The van der Waals surface area contributed by atoms with Gasteiger partial charge >= 0.3 is 0 Å². The van der Waals surface area contributed by atoms with Crippen molar-refractivity contribution in [3.63, 3.8) is 0 Å². The van der Waals surface area contributed by atoms with E-state index in [4.69, 9.17) is 9.88 Å². The Kier molecular flexibility index (Phi) is 5.46. The summed E-state index contributed by atoms with van der Waals surface area (Å²) in [6.45, 7) is 0.601. The first kappa shape index (κ1) is 16.4. The summed E-state index contributed by atoms with van der Waals surface area (Å²) in [6.07, 6.45) is 0.345. The van der Waals surface area contributed by atoms with Crippen LogP contribution in [-0.2, 0) is 21.2 Å². The van der Waals surface area contributed by atoms with Gasteiger partial charge in [-0.05, 0) is 31.0 Å². The minimum atomic E-state index is -3.90. The smallest absolute Gasteiger partial charge is 0.251 e. The molecule has 20 heavy (non-hydrogen) atoms. The molecule has 0 saturated heterocycles. The fraction of sp³-hybridized carbons (Fsp3) is 0.417. The predicted molar refractivity (Wildman–Crippen MR) is 71.7 cm³/mol. The van der Waals surface area contributed by atoms with Gasteiger partial charge < -0.3 is 10.1 Å². The SMILES string of the molecule is COc1ccc(C[C@@H](C)NC(=O)CF)cc1S(N)(=O)=O. The fourth-order valence-electron chi connectivity index (χ4n) is 1.79. The van der Waals surface area contributed by atoms with Gasteiger partial charge in [0.25, 0.3) is 5.91 Å². The molecular weight excluding hydrogens is 287 g/mol. The van der Waals surface area contributed by atoms with E-state index in [-0.39, 0.29) is 16.7 Å². The number of benzene rings is 1. The van der Waals surface area contributed by atoms with Gasteiger partial charge in [0, 0.05) is 6.04 Å². The molecule has 1 atom stereocenters. The molecule has 1 aromatic carbocycles. The van der Waals surface area contributed by atoms with Crippen LogP contribution in [0.1, 0.15) is 12.5 Å². The van der Waals surface area contributed by atoms with Crippen LogP contribution in [0.3, 0.4) is 0 Å². The Morgan fingerprint density at radius 3 is 2.65 bits per heavy atom. The van der Waals surface area contributed by atoms with E-state index >= 15 is 0 Å². The summed E-state index contributed by atoms with van der Waals surface area (Å²) in [6, 6.07) is 4.19. The molecular formula is C12H17FN2O4S. The number of ether oxygens (including phenoxy) is 1. The second-order valence-electron chi connectivity index (χ2n) is 4.34. The summed E-state index contributed by atoms with van der Waals surface area (Å²) in [5, 5.41) is 7.55. The Balaban J connectivity index is 2.96. The monoisotopic (exact) mass is 304 g/mol. The lowest BCUT2D eigenvalue weighted by Gasteiger charge is -2.14. The van der Waals surface area contributed by atoms with Gasteiger partial charge in [0.05, 0.1) is 7.11 Å². The van der Waals surface area contributed by atoms with E-state index in [1.54, 1.807) is 13.0 Å². The molecule has 0 heterocycles. The molecule has 1 amide bonds. The van der Waals surface area contributed by atoms with Gasteiger partial charge in [-0.1, -0.05) is 6.07 Å². The lowest BCUT2D eigenvalue weighted by molar-refractivity contribution is -0.122. The third kappa shape index (κ3) is 4.46. The highest BCUT2D eigenvalue weighted by molar-refractivity contribution is 7.89. The number of hydrogen-bond acceptors (Lipinski definition) is 4. The number of nitrogens with two attached hydrogens (primary N) is 1. The third-order valence-corrected chi connectivity index (χ3v) is 3.54. The molecule has 0 radical (unpaired) electrons. The largest absolute Gasteiger partial charge is 0.495 e. The van der Waals surface area contributed by atoms with Crippen LogP contribution in [0.25, 0.3) is 0 Å². The molecule has 6 nitrogen and oxygen atoms in total. The van der Waals surface area contributed by atoms with Crippen LogP contribution in [0.15, 0.2) is 23.1 Å². The molecule has 0 bridgehead atoms. The molecule has 0 unspecified atom stereocenters. The highest BCUT2D eigenvalue weighted by Gasteiger charge is 2.16. The summed E-state index contributed by atoms with van der Waals surface area (Å²) in [4.78, 5) is 10.8. The van der Waals surface area contributed by atoms with Crippen molar-refractivity contribution in [1.29, 1.82) is 0 Å².